The third kappa shape index (κ3) is 2.72. The molecule has 0 aliphatic heterocycles. The van der Waals surface area contributed by atoms with Gasteiger partial charge >= 0.3 is 0 Å². The van der Waals surface area contributed by atoms with Gasteiger partial charge in [0.1, 0.15) is 0 Å². The van der Waals surface area contributed by atoms with Crippen LogP contribution in [0.1, 0.15) is 5.56 Å². The molecule has 1 heteroatoms. The van der Waals surface area contributed by atoms with Gasteiger partial charge in [0.2, 0.25) is 0 Å². The van der Waals surface area contributed by atoms with Gasteiger partial charge in [-0.3, -0.25) is 0 Å². The summed E-state index contributed by atoms with van der Waals surface area (Å²) in [5, 5.41) is 8.31. The molecule has 1 aromatic carbocycles. The fourth-order valence-electron chi connectivity index (χ4n) is 0.781. The summed E-state index contributed by atoms with van der Waals surface area (Å²) >= 11 is 0. The van der Waals surface area contributed by atoms with E-state index in [4.69, 9.17) is 5.11 Å². The molecule has 0 radical (unpaired) electrons. The van der Waals surface area contributed by atoms with Crippen LogP contribution in [0.25, 0.3) is 6.08 Å². The Morgan fingerprint density at radius 1 is 1.00 bits per heavy atom. The number of hydrogen-bond donors (Lipinski definition) is 1. The lowest BCUT2D eigenvalue weighted by Gasteiger charge is -1.87. The van der Waals surface area contributed by atoms with Crippen LogP contribution in [-0.2, 0) is 0 Å². The summed E-state index contributed by atoms with van der Waals surface area (Å²) < 4.78 is 0. The lowest BCUT2D eigenvalue weighted by atomic mass is 10.2. The van der Waals surface area contributed by atoms with Gasteiger partial charge in [0.05, 0.1) is 6.26 Å². The van der Waals surface area contributed by atoms with Crippen LogP contribution in [0.2, 0.25) is 0 Å². The van der Waals surface area contributed by atoms with E-state index in [2.05, 4.69) is 0 Å². The van der Waals surface area contributed by atoms with E-state index in [1.54, 1.807) is 12.2 Å². The average molecular weight is 146 g/mol. The molecular weight excluding hydrogens is 136 g/mol. The van der Waals surface area contributed by atoms with Crippen molar-refractivity contribution in [1.82, 2.24) is 0 Å². The highest BCUT2D eigenvalue weighted by Gasteiger charge is 1.78. The maximum absolute atomic E-state index is 8.31. The molecule has 0 saturated heterocycles. The Morgan fingerprint density at radius 2 is 1.73 bits per heavy atom. The van der Waals surface area contributed by atoms with E-state index in [9.17, 15) is 0 Å². The summed E-state index contributed by atoms with van der Waals surface area (Å²) in [5.74, 6) is 0. The highest BCUT2D eigenvalue weighted by molar-refractivity contribution is 5.50. The fourth-order valence-corrected chi connectivity index (χ4v) is 0.781. The molecule has 0 atom stereocenters. The average Bonchev–Trinajstić information content (AvgIpc) is 2.07. The van der Waals surface area contributed by atoms with Crippen molar-refractivity contribution in [3.05, 3.63) is 54.3 Å². The Hall–Kier alpha value is -1.50. The second-order valence-corrected chi connectivity index (χ2v) is 2.11. The molecule has 0 bridgehead atoms. The van der Waals surface area contributed by atoms with E-state index in [0.717, 1.165) is 11.8 Å². The SMILES string of the molecule is OC=CC=Cc1ccccc1. The minimum atomic E-state index is 1.01. The highest BCUT2D eigenvalue weighted by Crippen LogP contribution is 2.00. The van der Waals surface area contributed by atoms with E-state index in [1.807, 2.05) is 36.4 Å². The van der Waals surface area contributed by atoms with E-state index in [-0.39, 0.29) is 0 Å². The Balaban J connectivity index is 2.64. The van der Waals surface area contributed by atoms with Crippen LogP contribution in [0.5, 0.6) is 0 Å². The van der Waals surface area contributed by atoms with Crippen LogP contribution in [0.4, 0.5) is 0 Å². The number of hydrogen-bond acceptors (Lipinski definition) is 1. The molecule has 1 aromatic rings. The molecule has 1 nitrogen and oxygen atoms in total. The number of rotatable bonds is 2. The minimum absolute atomic E-state index is 1.01. The van der Waals surface area contributed by atoms with Crippen molar-refractivity contribution in [1.29, 1.82) is 0 Å². The van der Waals surface area contributed by atoms with Gasteiger partial charge in [-0.25, -0.2) is 0 Å². The molecule has 1 rings (SSSR count). The first-order chi connectivity index (χ1) is 5.43. The van der Waals surface area contributed by atoms with Crippen molar-refractivity contribution in [3.63, 3.8) is 0 Å². The predicted molar refractivity (Wildman–Crippen MR) is 47.2 cm³/mol. The third-order valence-corrected chi connectivity index (χ3v) is 1.29. The predicted octanol–water partition coefficient (Wildman–Crippen LogP) is 2.77. The Labute approximate surface area is 66.3 Å². The van der Waals surface area contributed by atoms with Crippen LogP contribution in [0.3, 0.4) is 0 Å². The number of aliphatic hydroxyl groups excluding tert-OH is 1. The first-order valence-corrected chi connectivity index (χ1v) is 3.46. The highest BCUT2D eigenvalue weighted by atomic mass is 16.2. The van der Waals surface area contributed by atoms with E-state index in [0.29, 0.717) is 0 Å². The summed E-state index contributed by atoms with van der Waals surface area (Å²) in [6, 6.07) is 9.92. The number of benzene rings is 1. The van der Waals surface area contributed by atoms with Crippen LogP contribution >= 0.6 is 0 Å². The lowest BCUT2D eigenvalue weighted by molar-refractivity contribution is 0.474. The molecule has 0 spiro atoms. The fraction of sp³-hybridized carbons (Fsp3) is 0. The van der Waals surface area contributed by atoms with Crippen LogP contribution in [0, 0.1) is 0 Å². The van der Waals surface area contributed by atoms with Gasteiger partial charge in [-0.2, -0.15) is 0 Å². The Morgan fingerprint density at radius 3 is 2.36 bits per heavy atom. The van der Waals surface area contributed by atoms with Crippen molar-refractivity contribution >= 4 is 6.08 Å². The second-order valence-electron chi connectivity index (χ2n) is 2.11. The van der Waals surface area contributed by atoms with E-state index in [1.165, 1.54) is 0 Å². The van der Waals surface area contributed by atoms with Gasteiger partial charge in [0.25, 0.3) is 0 Å². The smallest absolute Gasteiger partial charge is 0.0791 e. The normalized spacial score (nSPS) is 11.3. The van der Waals surface area contributed by atoms with Gasteiger partial charge < -0.3 is 5.11 Å². The summed E-state index contributed by atoms with van der Waals surface area (Å²) in [4.78, 5) is 0. The van der Waals surface area contributed by atoms with Crippen LogP contribution in [0.15, 0.2) is 48.7 Å². The van der Waals surface area contributed by atoms with Crippen molar-refractivity contribution < 1.29 is 5.11 Å². The maximum Gasteiger partial charge on any atom is 0.0791 e. The monoisotopic (exact) mass is 146 g/mol. The zero-order valence-corrected chi connectivity index (χ0v) is 6.14. The summed E-state index contributed by atoms with van der Waals surface area (Å²) in [5.41, 5.74) is 1.13. The van der Waals surface area contributed by atoms with Crippen molar-refractivity contribution in [2.45, 2.75) is 0 Å². The molecule has 0 aromatic heterocycles. The summed E-state index contributed by atoms with van der Waals surface area (Å²) in [6.45, 7) is 0. The zero-order valence-electron chi connectivity index (χ0n) is 6.14. The molecule has 0 fully saturated rings. The quantitative estimate of drug-likeness (QED) is 0.502. The van der Waals surface area contributed by atoms with Crippen molar-refractivity contribution in [3.8, 4) is 0 Å². The van der Waals surface area contributed by atoms with Gasteiger partial charge in [-0.15, -0.1) is 0 Å². The molecular formula is C10H10O. The first kappa shape index (κ1) is 7.61. The molecule has 56 valence electrons. The Kier molecular flexibility index (Phi) is 3.00. The van der Waals surface area contributed by atoms with Gasteiger partial charge in [0.15, 0.2) is 0 Å². The maximum atomic E-state index is 8.31. The van der Waals surface area contributed by atoms with Gasteiger partial charge in [0, 0.05) is 0 Å². The third-order valence-electron chi connectivity index (χ3n) is 1.29. The molecule has 1 N–H and O–H groups in total. The first-order valence-electron chi connectivity index (χ1n) is 3.46. The van der Waals surface area contributed by atoms with Crippen molar-refractivity contribution in [2.75, 3.05) is 0 Å². The molecule has 0 saturated carbocycles. The molecule has 0 unspecified atom stereocenters. The zero-order chi connectivity index (χ0) is 7.94. The summed E-state index contributed by atoms with van der Waals surface area (Å²) in [7, 11) is 0. The molecule has 0 amide bonds. The standard InChI is InChI=1S/C10H10O/c11-9-5-4-8-10-6-2-1-3-7-10/h1-9,11H. The molecule has 0 aliphatic carbocycles. The lowest BCUT2D eigenvalue weighted by Crippen LogP contribution is -1.66. The number of allylic oxidation sites excluding steroid dienone is 2. The molecule has 0 heterocycles. The van der Waals surface area contributed by atoms with E-state index < -0.39 is 0 Å². The van der Waals surface area contributed by atoms with Crippen LogP contribution < -0.4 is 0 Å². The second kappa shape index (κ2) is 4.34. The molecule has 0 aliphatic rings. The van der Waals surface area contributed by atoms with Crippen molar-refractivity contribution in [2.24, 2.45) is 0 Å². The summed E-state index contributed by atoms with van der Waals surface area (Å²) in [6.07, 6.45) is 6.30. The van der Waals surface area contributed by atoms with E-state index >= 15 is 0 Å². The van der Waals surface area contributed by atoms with Crippen LogP contribution in [-0.4, -0.2) is 5.11 Å². The minimum Gasteiger partial charge on any atom is -0.516 e. The Bertz CT molecular complexity index is 247. The van der Waals surface area contributed by atoms with Gasteiger partial charge in [-0.1, -0.05) is 42.5 Å². The molecule has 11 heavy (non-hydrogen) atoms. The van der Waals surface area contributed by atoms with Gasteiger partial charge in [-0.05, 0) is 11.6 Å². The number of aliphatic hydroxyl groups is 1. The largest absolute Gasteiger partial charge is 0.516 e. The topological polar surface area (TPSA) is 20.2 Å².